The summed E-state index contributed by atoms with van der Waals surface area (Å²) >= 11 is 0. The van der Waals surface area contributed by atoms with E-state index < -0.39 is 17.2 Å². The Morgan fingerprint density at radius 2 is 1.83 bits per heavy atom. The normalized spacial score (nSPS) is 19.2. The second kappa shape index (κ2) is 9.18. The highest BCUT2D eigenvalue weighted by molar-refractivity contribution is 5.70. The highest BCUT2D eigenvalue weighted by atomic mass is 16.6. The van der Waals surface area contributed by atoms with Crippen molar-refractivity contribution in [3.05, 3.63) is 95.2 Å². The zero-order valence-electron chi connectivity index (χ0n) is 20.7. The van der Waals surface area contributed by atoms with E-state index in [4.69, 9.17) is 4.74 Å². The van der Waals surface area contributed by atoms with Crippen molar-refractivity contribution in [2.45, 2.75) is 50.8 Å². The summed E-state index contributed by atoms with van der Waals surface area (Å²) in [6.07, 6.45) is 4.04. The number of ether oxygens (including phenoxy) is 1. The molecule has 36 heavy (non-hydrogen) atoms. The Hall–Kier alpha value is -4.07. The van der Waals surface area contributed by atoms with E-state index in [0.717, 1.165) is 28.0 Å². The molecule has 0 spiro atoms. The highest BCUT2D eigenvalue weighted by Gasteiger charge is 2.47. The number of aromatic nitrogens is 3. The van der Waals surface area contributed by atoms with E-state index in [9.17, 15) is 9.70 Å². The maximum atomic E-state index is 13.3. The van der Waals surface area contributed by atoms with Crippen LogP contribution in [0.25, 0.3) is 16.9 Å². The third-order valence-corrected chi connectivity index (χ3v) is 6.95. The van der Waals surface area contributed by atoms with Crippen LogP contribution in [0.5, 0.6) is 0 Å². The fourth-order valence-electron chi connectivity index (χ4n) is 5.01. The zero-order chi connectivity index (χ0) is 25.3. The van der Waals surface area contributed by atoms with Gasteiger partial charge in [0.15, 0.2) is 5.65 Å². The molecule has 1 saturated heterocycles. The Bertz CT molecular complexity index is 1380. The molecule has 4 aromatic rings. The molecule has 3 heterocycles. The molecule has 184 valence electrons. The van der Waals surface area contributed by atoms with Crippen molar-refractivity contribution in [2.24, 2.45) is 5.18 Å². The number of carbonyl (C=O) groups is 1. The largest absolute Gasteiger partial charge is 0.438 e. The first kappa shape index (κ1) is 23.7. The molecule has 1 fully saturated rings. The lowest BCUT2D eigenvalue weighted by molar-refractivity contribution is -0.0738. The first-order chi connectivity index (χ1) is 17.3. The van der Waals surface area contributed by atoms with Gasteiger partial charge < -0.3 is 9.64 Å². The second-order valence-electron chi connectivity index (χ2n) is 10.00. The van der Waals surface area contributed by atoms with E-state index in [0.29, 0.717) is 19.4 Å². The lowest BCUT2D eigenvalue weighted by atomic mass is 9.79. The van der Waals surface area contributed by atoms with Gasteiger partial charge in [0.2, 0.25) is 0 Å². The molecule has 8 nitrogen and oxygen atoms in total. The number of amides is 1. The monoisotopic (exact) mass is 483 g/mol. The third kappa shape index (κ3) is 4.46. The van der Waals surface area contributed by atoms with Crippen molar-refractivity contribution >= 4 is 11.7 Å². The summed E-state index contributed by atoms with van der Waals surface area (Å²) in [4.78, 5) is 30.8. The molecule has 1 amide bonds. The van der Waals surface area contributed by atoms with E-state index in [1.165, 1.54) is 0 Å². The van der Waals surface area contributed by atoms with Crippen LogP contribution in [0.1, 0.15) is 50.8 Å². The molecular weight excluding hydrogens is 454 g/mol. The molecule has 8 heteroatoms. The van der Waals surface area contributed by atoms with E-state index in [1.54, 1.807) is 29.5 Å². The molecule has 2 atom stereocenters. The molecule has 2 aromatic carbocycles. The van der Waals surface area contributed by atoms with E-state index >= 15 is 0 Å². The molecule has 1 aliphatic heterocycles. The Kier molecular flexibility index (Phi) is 6.04. The predicted octanol–water partition coefficient (Wildman–Crippen LogP) is 6.13. The van der Waals surface area contributed by atoms with Gasteiger partial charge in [-0.1, -0.05) is 59.8 Å². The second-order valence-corrected chi connectivity index (χ2v) is 10.00. The van der Waals surface area contributed by atoms with Gasteiger partial charge in [0.05, 0.1) is 11.7 Å². The van der Waals surface area contributed by atoms with Crippen LogP contribution in [0.4, 0.5) is 4.79 Å². The van der Waals surface area contributed by atoms with Crippen molar-refractivity contribution in [1.82, 2.24) is 19.5 Å². The number of fused-ring (bicyclic) bond motifs is 1. The Labute approximate surface area is 209 Å². The number of nitrogens with zero attached hydrogens (tertiary/aromatic N) is 5. The first-order valence-electron chi connectivity index (χ1n) is 12.1. The molecule has 2 aromatic heterocycles. The number of cyclic esters (lactones) is 1. The molecule has 0 aliphatic carbocycles. The molecule has 5 rings (SSSR count). The van der Waals surface area contributed by atoms with Gasteiger partial charge in [-0.15, -0.1) is 0 Å². The quantitative estimate of drug-likeness (QED) is 0.295. The molecule has 0 N–H and O–H groups in total. The zero-order valence-corrected chi connectivity index (χ0v) is 20.7. The summed E-state index contributed by atoms with van der Waals surface area (Å²) in [6.45, 7) is 6.05. The minimum absolute atomic E-state index is 0.179. The van der Waals surface area contributed by atoms with Crippen LogP contribution in [0.15, 0.2) is 84.3 Å². The van der Waals surface area contributed by atoms with Crippen molar-refractivity contribution in [3.8, 4) is 11.3 Å². The fourth-order valence-corrected chi connectivity index (χ4v) is 5.01. The topological polar surface area (TPSA) is 89.2 Å². The van der Waals surface area contributed by atoms with Crippen molar-refractivity contribution in [2.75, 3.05) is 6.54 Å². The van der Waals surface area contributed by atoms with Crippen LogP contribution in [0, 0.1) is 4.91 Å². The van der Waals surface area contributed by atoms with Crippen LogP contribution < -0.4 is 0 Å². The lowest BCUT2D eigenvalue weighted by Gasteiger charge is -2.45. The number of benzene rings is 2. The smallest absolute Gasteiger partial charge is 0.411 e. The molecule has 0 bridgehead atoms. The minimum atomic E-state index is -0.895. The number of imidazole rings is 1. The van der Waals surface area contributed by atoms with Gasteiger partial charge in [0.25, 0.3) is 0 Å². The van der Waals surface area contributed by atoms with Gasteiger partial charge in [-0.05, 0) is 44.0 Å². The van der Waals surface area contributed by atoms with Gasteiger partial charge in [-0.3, -0.25) is 0 Å². The fraction of sp³-hybridized carbons (Fsp3) is 0.321. The average molecular weight is 484 g/mol. The Morgan fingerprint density at radius 1 is 1.08 bits per heavy atom. The van der Waals surface area contributed by atoms with Crippen LogP contribution in [0.3, 0.4) is 0 Å². The number of rotatable bonds is 7. The van der Waals surface area contributed by atoms with Crippen LogP contribution in [-0.4, -0.2) is 37.7 Å². The summed E-state index contributed by atoms with van der Waals surface area (Å²) in [7, 11) is 0. The maximum absolute atomic E-state index is 13.3. The van der Waals surface area contributed by atoms with Crippen LogP contribution in [0.2, 0.25) is 0 Å². The number of hydrogen-bond donors (Lipinski definition) is 0. The third-order valence-electron chi connectivity index (χ3n) is 6.95. The molecular formula is C28H29N5O3. The van der Waals surface area contributed by atoms with Gasteiger partial charge >= 0.3 is 6.09 Å². The summed E-state index contributed by atoms with van der Waals surface area (Å²) in [5.41, 5.74) is 2.74. The van der Waals surface area contributed by atoms with Crippen molar-refractivity contribution < 1.29 is 9.53 Å². The number of hydrogen-bond acceptors (Lipinski definition) is 6. The first-order valence-corrected chi connectivity index (χ1v) is 12.1. The summed E-state index contributed by atoms with van der Waals surface area (Å²) in [5, 5.41) is 7.90. The van der Waals surface area contributed by atoms with Crippen LogP contribution in [-0.2, 0) is 10.3 Å². The predicted molar refractivity (Wildman–Crippen MR) is 137 cm³/mol. The Morgan fingerprint density at radius 3 is 2.53 bits per heavy atom. The number of carbonyl (C=O) groups excluding carboxylic acids is 1. The molecule has 0 unspecified atom stereocenters. The summed E-state index contributed by atoms with van der Waals surface area (Å²) < 4.78 is 7.89. The van der Waals surface area contributed by atoms with Gasteiger partial charge in [-0.25, -0.2) is 14.3 Å². The maximum Gasteiger partial charge on any atom is 0.411 e. The molecule has 0 radical (unpaired) electrons. The summed E-state index contributed by atoms with van der Waals surface area (Å²) in [6, 6.07) is 21.4. The highest BCUT2D eigenvalue weighted by Crippen LogP contribution is 2.43. The van der Waals surface area contributed by atoms with Crippen molar-refractivity contribution in [3.63, 3.8) is 0 Å². The summed E-state index contributed by atoms with van der Waals surface area (Å²) in [5.74, 6) is 0. The average Bonchev–Trinajstić information content (AvgIpc) is 3.37. The van der Waals surface area contributed by atoms with Gasteiger partial charge in [0.1, 0.15) is 11.1 Å². The standard InChI is InChI=1S/C28H29N5O3/c1-20(21-9-11-22(12-10-21)24-13-14-25-29-16-18-33(25)30-24)32-17-15-28(36-26(32)34,19-27(2,3)31-35)23-7-5-4-6-8-23/h4-14,16,18,20H,15,17,19H2,1-3H3/t20-,28-/m0/s1. The SMILES string of the molecule is C[C@@H](c1ccc(-c2ccc3nccn3n2)cc1)N1CC[C@](CC(C)(C)N=O)(c2ccccc2)OC1=O. The van der Waals surface area contributed by atoms with Gasteiger partial charge in [0, 0.05) is 37.3 Å². The van der Waals surface area contributed by atoms with Gasteiger partial charge in [-0.2, -0.15) is 10.0 Å². The lowest BCUT2D eigenvalue weighted by Crippen LogP contribution is -2.50. The molecule has 1 aliphatic rings. The van der Waals surface area contributed by atoms with Crippen LogP contribution >= 0.6 is 0 Å². The van der Waals surface area contributed by atoms with E-state index in [-0.39, 0.29) is 6.04 Å². The Balaban J connectivity index is 1.35. The van der Waals surface area contributed by atoms with E-state index in [1.807, 2.05) is 79.9 Å². The number of nitroso groups, excluding NO2 is 1. The van der Waals surface area contributed by atoms with Crippen molar-refractivity contribution in [1.29, 1.82) is 0 Å². The van der Waals surface area contributed by atoms with E-state index in [2.05, 4.69) is 15.3 Å². The minimum Gasteiger partial charge on any atom is -0.438 e. The molecule has 0 saturated carbocycles.